The summed E-state index contributed by atoms with van der Waals surface area (Å²) in [6.45, 7) is 9.44. The van der Waals surface area contributed by atoms with Gasteiger partial charge in [-0.25, -0.2) is 0 Å². The molecule has 0 amide bonds. The molecule has 2 N–H and O–H groups in total. The number of rotatable bonds is 10. The third kappa shape index (κ3) is 6.88. The average Bonchev–Trinajstić information content (AvgIpc) is 2.53. The number of hydrogen-bond donors (Lipinski definition) is 1. The van der Waals surface area contributed by atoms with Crippen molar-refractivity contribution in [3.8, 4) is 0 Å². The number of hydrogen-bond acceptors (Lipinski definition) is 4. The lowest BCUT2D eigenvalue weighted by Crippen LogP contribution is -2.39. The van der Waals surface area contributed by atoms with Crippen molar-refractivity contribution in [2.45, 2.75) is 83.4 Å². The first-order chi connectivity index (χ1) is 10.9. The fraction of sp³-hybridized carbons (Fsp3) is 0.842. The molecular formula is C19H35NO2S. The largest absolute Gasteiger partial charge is 0.465 e. The second kappa shape index (κ2) is 10.4. The SMILES string of the molecule is CCCCCCOC(=O)[C@@H](N)CSC1(C(C)C)CC=C(C)CC1. The van der Waals surface area contributed by atoms with Crippen LogP contribution >= 0.6 is 11.8 Å². The second-order valence-corrected chi connectivity index (χ2v) is 8.55. The number of unbranched alkanes of at least 4 members (excludes halogenated alkanes) is 3. The Kier molecular flexibility index (Phi) is 9.30. The van der Waals surface area contributed by atoms with E-state index in [2.05, 4.69) is 33.8 Å². The zero-order valence-corrected chi connectivity index (χ0v) is 16.2. The number of thioether (sulfide) groups is 1. The molecule has 1 aliphatic carbocycles. The summed E-state index contributed by atoms with van der Waals surface area (Å²) < 4.78 is 5.53. The molecule has 1 rings (SSSR count). The molecule has 1 aliphatic rings. The van der Waals surface area contributed by atoms with Gasteiger partial charge in [-0.2, -0.15) is 11.8 Å². The fourth-order valence-corrected chi connectivity index (χ4v) is 4.34. The van der Waals surface area contributed by atoms with Crippen molar-refractivity contribution in [3.63, 3.8) is 0 Å². The molecule has 0 bridgehead atoms. The van der Waals surface area contributed by atoms with Gasteiger partial charge in [-0.1, -0.05) is 51.7 Å². The van der Waals surface area contributed by atoms with Gasteiger partial charge in [0, 0.05) is 10.5 Å². The highest BCUT2D eigenvalue weighted by atomic mass is 32.2. The van der Waals surface area contributed by atoms with Gasteiger partial charge in [0.05, 0.1) is 6.61 Å². The molecule has 0 radical (unpaired) electrons. The van der Waals surface area contributed by atoms with Crippen LogP contribution in [0.4, 0.5) is 0 Å². The van der Waals surface area contributed by atoms with Gasteiger partial charge in [-0.05, 0) is 38.5 Å². The second-order valence-electron chi connectivity index (χ2n) is 7.12. The van der Waals surface area contributed by atoms with Crippen molar-refractivity contribution in [1.82, 2.24) is 0 Å². The number of allylic oxidation sites excluding steroid dienone is 2. The molecule has 0 aromatic rings. The van der Waals surface area contributed by atoms with E-state index in [1.54, 1.807) is 0 Å². The van der Waals surface area contributed by atoms with E-state index < -0.39 is 6.04 Å². The molecule has 0 aliphatic heterocycles. The maximum absolute atomic E-state index is 12.0. The van der Waals surface area contributed by atoms with E-state index in [4.69, 9.17) is 10.5 Å². The zero-order chi connectivity index (χ0) is 17.3. The van der Waals surface area contributed by atoms with Crippen LogP contribution in [0.2, 0.25) is 0 Å². The number of esters is 1. The summed E-state index contributed by atoms with van der Waals surface area (Å²) in [6.07, 6.45) is 10.2. The Morgan fingerprint density at radius 3 is 2.70 bits per heavy atom. The Bertz CT molecular complexity index is 395. The Hall–Kier alpha value is -0.480. The summed E-state index contributed by atoms with van der Waals surface area (Å²) in [5, 5.41) is 0. The highest BCUT2D eigenvalue weighted by Crippen LogP contribution is 2.44. The molecule has 0 saturated carbocycles. The molecule has 4 heteroatoms. The lowest BCUT2D eigenvalue weighted by molar-refractivity contribution is -0.144. The minimum atomic E-state index is -0.506. The van der Waals surface area contributed by atoms with E-state index in [0.29, 0.717) is 18.3 Å². The molecule has 134 valence electrons. The third-order valence-electron chi connectivity index (χ3n) is 4.89. The molecule has 3 nitrogen and oxygen atoms in total. The van der Waals surface area contributed by atoms with Crippen LogP contribution in [-0.2, 0) is 9.53 Å². The molecule has 0 aromatic heterocycles. The molecule has 0 heterocycles. The van der Waals surface area contributed by atoms with Crippen molar-refractivity contribution < 1.29 is 9.53 Å². The standard InChI is InChI=1S/C19H35NO2S/c1-5-6-7-8-13-22-18(21)17(20)14-23-19(15(2)3)11-9-16(4)10-12-19/h9,15,17H,5-8,10-14,20H2,1-4H3/t17-,19?/m0/s1. The van der Waals surface area contributed by atoms with Gasteiger partial charge in [0.1, 0.15) is 6.04 Å². The highest BCUT2D eigenvalue weighted by molar-refractivity contribution is 8.00. The summed E-state index contributed by atoms with van der Waals surface area (Å²) in [4.78, 5) is 12.0. The lowest BCUT2D eigenvalue weighted by atomic mass is 9.82. The van der Waals surface area contributed by atoms with Crippen LogP contribution < -0.4 is 5.73 Å². The maximum Gasteiger partial charge on any atom is 0.323 e. The van der Waals surface area contributed by atoms with E-state index in [-0.39, 0.29) is 10.7 Å². The topological polar surface area (TPSA) is 52.3 Å². The molecular weight excluding hydrogens is 306 g/mol. The third-order valence-corrected chi connectivity index (χ3v) is 6.83. The molecule has 0 spiro atoms. The van der Waals surface area contributed by atoms with Gasteiger partial charge < -0.3 is 10.5 Å². The first-order valence-corrected chi connectivity index (χ1v) is 10.1. The molecule has 0 fully saturated rings. The Balaban J connectivity index is 2.37. The summed E-state index contributed by atoms with van der Waals surface area (Å²) in [5.41, 5.74) is 7.53. The van der Waals surface area contributed by atoms with Crippen LogP contribution in [0.25, 0.3) is 0 Å². The van der Waals surface area contributed by atoms with E-state index in [0.717, 1.165) is 25.7 Å². The summed E-state index contributed by atoms with van der Waals surface area (Å²) in [5.74, 6) is 0.989. The van der Waals surface area contributed by atoms with Crippen molar-refractivity contribution in [3.05, 3.63) is 11.6 Å². The highest BCUT2D eigenvalue weighted by Gasteiger charge is 2.36. The number of carbonyl (C=O) groups excluding carboxylic acids is 1. The molecule has 0 aromatic carbocycles. The van der Waals surface area contributed by atoms with Gasteiger partial charge in [-0.3, -0.25) is 4.79 Å². The minimum absolute atomic E-state index is 0.221. The molecule has 23 heavy (non-hydrogen) atoms. The normalized spacial score (nSPS) is 22.8. The van der Waals surface area contributed by atoms with Crippen LogP contribution in [0, 0.1) is 5.92 Å². The van der Waals surface area contributed by atoms with Crippen LogP contribution in [0.15, 0.2) is 11.6 Å². The quantitative estimate of drug-likeness (QED) is 0.356. The van der Waals surface area contributed by atoms with E-state index in [1.165, 1.54) is 24.8 Å². The first kappa shape index (κ1) is 20.6. The number of carbonyl (C=O) groups is 1. The van der Waals surface area contributed by atoms with Crippen LogP contribution in [0.1, 0.15) is 72.6 Å². The van der Waals surface area contributed by atoms with Crippen molar-refractivity contribution in [1.29, 1.82) is 0 Å². The lowest BCUT2D eigenvalue weighted by Gasteiger charge is -2.40. The predicted molar refractivity (Wildman–Crippen MR) is 101 cm³/mol. The van der Waals surface area contributed by atoms with Crippen LogP contribution in [0.3, 0.4) is 0 Å². The summed E-state index contributed by atoms with van der Waals surface area (Å²) >= 11 is 1.87. The van der Waals surface area contributed by atoms with Gasteiger partial charge in [0.25, 0.3) is 0 Å². The number of ether oxygens (including phenoxy) is 1. The van der Waals surface area contributed by atoms with E-state index in [9.17, 15) is 4.79 Å². The molecule has 0 saturated heterocycles. The Morgan fingerprint density at radius 1 is 1.39 bits per heavy atom. The molecule has 2 atom stereocenters. The fourth-order valence-electron chi connectivity index (χ4n) is 2.91. The van der Waals surface area contributed by atoms with Gasteiger partial charge in [0.15, 0.2) is 0 Å². The monoisotopic (exact) mass is 341 g/mol. The zero-order valence-electron chi connectivity index (χ0n) is 15.4. The summed E-state index contributed by atoms with van der Waals surface area (Å²) in [7, 11) is 0. The summed E-state index contributed by atoms with van der Waals surface area (Å²) in [6, 6.07) is -0.506. The number of nitrogens with two attached hydrogens (primary N) is 1. The van der Waals surface area contributed by atoms with Gasteiger partial charge >= 0.3 is 5.97 Å². The van der Waals surface area contributed by atoms with Crippen molar-refractivity contribution >= 4 is 17.7 Å². The molecule has 1 unspecified atom stereocenters. The Morgan fingerprint density at radius 2 is 2.13 bits per heavy atom. The average molecular weight is 342 g/mol. The van der Waals surface area contributed by atoms with Gasteiger partial charge in [0.2, 0.25) is 0 Å². The Labute approximate surface area is 146 Å². The minimum Gasteiger partial charge on any atom is -0.465 e. The predicted octanol–water partition coefficient (Wildman–Crippen LogP) is 4.70. The van der Waals surface area contributed by atoms with Crippen LogP contribution in [-0.4, -0.2) is 29.1 Å². The van der Waals surface area contributed by atoms with Crippen molar-refractivity contribution in [2.75, 3.05) is 12.4 Å². The smallest absolute Gasteiger partial charge is 0.323 e. The van der Waals surface area contributed by atoms with E-state index >= 15 is 0 Å². The maximum atomic E-state index is 12.0. The van der Waals surface area contributed by atoms with Crippen molar-refractivity contribution in [2.24, 2.45) is 11.7 Å². The van der Waals surface area contributed by atoms with Gasteiger partial charge in [-0.15, -0.1) is 0 Å². The first-order valence-electron chi connectivity index (χ1n) is 9.13. The van der Waals surface area contributed by atoms with E-state index in [1.807, 2.05) is 11.8 Å². The van der Waals surface area contributed by atoms with Crippen LogP contribution in [0.5, 0.6) is 0 Å².